The number of ether oxygens (including phenoxy) is 1. The SMILES string of the molecule is COc1ccc(Cl)cc1C(=O)NCc1cc(C)nc(N2CCCC2)n1. The largest absolute Gasteiger partial charge is 0.496 e. The van der Waals surface area contributed by atoms with Crippen LogP contribution in [0.25, 0.3) is 0 Å². The maximum Gasteiger partial charge on any atom is 0.255 e. The normalized spacial score (nSPS) is 13.8. The van der Waals surface area contributed by atoms with Crippen molar-refractivity contribution in [1.82, 2.24) is 15.3 Å². The molecule has 1 N–H and O–H groups in total. The van der Waals surface area contributed by atoms with E-state index < -0.39 is 0 Å². The first kappa shape index (κ1) is 17.5. The van der Waals surface area contributed by atoms with E-state index >= 15 is 0 Å². The van der Waals surface area contributed by atoms with Gasteiger partial charge in [0.1, 0.15) is 5.75 Å². The highest BCUT2D eigenvalue weighted by Gasteiger charge is 2.17. The van der Waals surface area contributed by atoms with Crippen LogP contribution in [0.15, 0.2) is 24.3 Å². The Labute approximate surface area is 152 Å². The van der Waals surface area contributed by atoms with Gasteiger partial charge in [0.2, 0.25) is 5.95 Å². The van der Waals surface area contributed by atoms with Gasteiger partial charge in [0.15, 0.2) is 0 Å². The molecule has 25 heavy (non-hydrogen) atoms. The summed E-state index contributed by atoms with van der Waals surface area (Å²) in [5.74, 6) is 0.971. The molecule has 1 aliphatic heterocycles. The standard InChI is InChI=1S/C18H21ClN4O2/c1-12-9-14(22-18(21-12)23-7-3-4-8-23)11-20-17(24)15-10-13(19)5-6-16(15)25-2/h5-6,9-10H,3-4,7-8,11H2,1-2H3,(H,20,24). The molecule has 7 heteroatoms. The molecule has 2 aromatic rings. The number of halogens is 1. The Hall–Kier alpha value is -2.34. The average molecular weight is 361 g/mol. The molecule has 6 nitrogen and oxygen atoms in total. The zero-order valence-corrected chi connectivity index (χ0v) is 15.1. The van der Waals surface area contributed by atoms with E-state index in [0.717, 1.165) is 43.3 Å². The van der Waals surface area contributed by atoms with Crippen molar-refractivity contribution in [3.8, 4) is 5.75 Å². The number of hydrogen-bond donors (Lipinski definition) is 1. The van der Waals surface area contributed by atoms with Gasteiger partial charge in [-0.15, -0.1) is 0 Å². The Kier molecular flexibility index (Phi) is 5.38. The van der Waals surface area contributed by atoms with Gasteiger partial charge in [-0.3, -0.25) is 4.79 Å². The van der Waals surface area contributed by atoms with Crippen LogP contribution in [-0.2, 0) is 6.54 Å². The summed E-state index contributed by atoms with van der Waals surface area (Å²) < 4.78 is 5.23. The highest BCUT2D eigenvalue weighted by Crippen LogP contribution is 2.22. The Morgan fingerprint density at radius 1 is 1.28 bits per heavy atom. The first-order chi connectivity index (χ1) is 12.1. The number of carbonyl (C=O) groups excluding carboxylic acids is 1. The average Bonchev–Trinajstić information content (AvgIpc) is 3.14. The zero-order chi connectivity index (χ0) is 17.8. The van der Waals surface area contributed by atoms with E-state index in [0.29, 0.717) is 22.9 Å². The van der Waals surface area contributed by atoms with Crippen LogP contribution in [0.1, 0.15) is 34.6 Å². The van der Waals surface area contributed by atoms with Crippen molar-refractivity contribution in [2.45, 2.75) is 26.3 Å². The van der Waals surface area contributed by atoms with Gasteiger partial charge in [-0.25, -0.2) is 9.97 Å². The van der Waals surface area contributed by atoms with Gasteiger partial charge in [0.05, 0.1) is 24.9 Å². The minimum Gasteiger partial charge on any atom is -0.496 e. The number of aryl methyl sites for hydroxylation is 1. The van der Waals surface area contributed by atoms with Gasteiger partial charge in [-0.05, 0) is 44.0 Å². The van der Waals surface area contributed by atoms with Crippen molar-refractivity contribution in [2.24, 2.45) is 0 Å². The van der Waals surface area contributed by atoms with Gasteiger partial charge in [0, 0.05) is 23.8 Å². The highest BCUT2D eigenvalue weighted by atomic mass is 35.5. The summed E-state index contributed by atoms with van der Waals surface area (Å²) in [6.45, 7) is 4.22. The number of rotatable bonds is 5. The lowest BCUT2D eigenvalue weighted by Gasteiger charge is -2.16. The molecular weight excluding hydrogens is 340 g/mol. The number of benzene rings is 1. The lowest BCUT2D eigenvalue weighted by Crippen LogP contribution is -2.25. The number of nitrogens with zero attached hydrogens (tertiary/aromatic N) is 3. The molecular formula is C18H21ClN4O2. The van der Waals surface area contributed by atoms with E-state index in [1.165, 1.54) is 7.11 Å². The van der Waals surface area contributed by atoms with Crippen LogP contribution in [0, 0.1) is 6.92 Å². The predicted octanol–water partition coefficient (Wildman–Crippen LogP) is 2.98. The number of hydrogen-bond acceptors (Lipinski definition) is 5. The summed E-state index contributed by atoms with van der Waals surface area (Å²) in [7, 11) is 1.52. The summed E-state index contributed by atoms with van der Waals surface area (Å²) in [6.07, 6.45) is 2.33. The third kappa shape index (κ3) is 4.20. The van der Waals surface area contributed by atoms with Gasteiger partial charge in [-0.2, -0.15) is 0 Å². The van der Waals surface area contributed by atoms with Crippen LogP contribution in [0.4, 0.5) is 5.95 Å². The van der Waals surface area contributed by atoms with Gasteiger partial charge in [-0.1, -0.05) is 11.6 Å². The van der Waals surface area contributed by atoms with E-state index in [1.807, 2.05) is 13.0 Å². The third-order valence-electron chi connectivity index (χ3n) is 4.12. The van der Waals surface area contributed by atoms with Crippen LogP contribution in [0.5, 0.6) is 5.75 Å². The lowest BCUT2D eigenvalue weighted by atomic mass is 10.2. The Morgan fingerprint density at radius 2 is 2.04 bits per heavy atom. The molecule has 2 heterocycles. The first-order valence-electron chi connectivity index (χ1n) is 8.28. The van der Waals surface area contributed by atoms with E-state index in [-0.39, 0.29) is 5.91 Å². The monoisotopic (exact) mass is 360 g/mol. The van der Waals surface area contributed by atoms with E-state index in [2.05, 4.69) is 20.2 Å². The van der Waals surface area contributed by atoms with Gasteiger partial charge < -0.3 is 15.0 Å². The molecule has 0 bridgehead atoms. The third-order valence-corrected chi connectivity index (χ3v) is 4.36. The van der Waals surface area contributed by atoms with Crippen LogP contribution in [0.2, 0.25) is 5.02 Å². The molecule has 0 spiro atoms. The summed E-state index contributed by atoms with van der Waals surface area (Å²) in [6, 6.07) is 6.84. The fourth-order valence-electron chi connectivity index (χ4n) is 2.89. The molecule has 132 valence electrons. The molecule has 1 amide bonds. The molecule has 1 aliphatic rings. The van der Waals surface area contributed by atoms with Crippen molar-refractivity contribution in [3.05, 3.63) is 46.2 Å². The Balaban J connectivity index is 1.73. The lowest BCUT2D eigenvalue weighted by molar-refractivity contribution is 0.0947. The second-order valence-electron chi connectivity index (χ2n) is 6.02. The van der Waals surface area contributed by atoms with Crippen LogP contribution < -0.4 is 15.0 Å². The summed E-state index contributed by atoms with van der Waals surface area (Å²) in [5.41, 5.74) is 2.07. The fraction of sp³-hybridized carbons (Fsp3) is 0.389. The number of methoxy groups -OCH3 is 1. The maximum absolute atomic E-state index is 12.5. The number of anilines is 1. The fourth-order valence-corrected chi connectivity index (χ4v) is 3.06. The highest BCUT2D eigenvalue weighted by molar-refractivity contribution is 6.31. The smallest absolute Gasteiger partial charge is 0.255 e. The number of nitrogens with one attached hydrogen (secondary N) is 1. The molecule has 1 aromatic heterocycles. The molecule has 0 saturated carbocycles. The minimum atomic E-state index is -0.252. The molecule has 0 radical (unpaired) electrons. The van der Waals surface area contributed by atoms with Crippen molar-refractivity contribution < 1.29 is 9.53 Å². The summed E-state index contributed by atoms with van der Waals surface area (Å²) in [4.78, 5) is 23.7. The maximum atomic E-state index is 12.5. The topological polar surface area (TPSA) is 67.3 Å². The minimum absolute atomic E-state index is 0.252. The van der Waals surface area contributed by atoms with Crippen LogP contribution in [-0.4, -0.2) is 36.1 Å². The summed E-state index contributed by atoms with van der Waals surface area (Å²) >= 11 is 5.99. The van der Waals surface area contributed by atoms with Gasteiger partial charge >= 0.3 is 0 Å². The van der Waals surface area contributed by atoms with E-state index in [4.69, 9.17) is 16.3 Å². The Bertz CT molecular complexity index is 776. The van der Waals surface area contributed by atoms with E-state index in [1.54, 1.807) is 18.2 Å². The van der Waals surface area contributed by atoms with Crippen LogP contribution in [0.3, 0.4) is 0 Å². The molecule has 0 atom stereocenters. The summed E-state index contributed by atoms with van der Waals surface area (Å²) in [5, 5.41) is 3.36. The first-order valence-corrected chi connectivity index (χ1v) is 8.66. The van der Waals surface area contributed by atoms with Crippen LogP contribution >= 0.6 is 11.6 Å². The number of carbonyl (C=O) groups is 1. The van der Waals surface area contributed by atoms with Crippen molar-refractivity contribution >= 4 is 23.5 Å². The molecule has 1 fully saturated rings. The molecule has 3 rings (SSSR count). The van der Waals surface area contributed by atoms with Crippen molar-refractivity contribution in [2.75, 3.05) is 25.1 Å². The predicted molar refractivity (Wildman–Crippen MR) is 97.4 cm³/mol. The quantitative estimate of drug-likeness (QED) is 0.887. The number of aromatic nitrogens is 2. The molecule has 1 aromatic carbocycles. The molecule has 0 aliphatic carbocycles. The van der Waals surface area contributed by atoms with E-state index in [9.17, 15) is 4.79 Å². The van der Waals surface area contributed by atoms with Crippen molar-refractivity contribution in [1.29, 1.82) is 0 Å². The second kappa shape index (κ2) is 7.70. The second-order valence-corrected chi connectivity index (χ2v) is 6.46. The molecule has 1 saturated heterocycles. The molecule has 0 unspecified atom stereocenters. The zero-order valence-electron chi connectivity index (χ0n) is 14.4. The van der Waals surface area contributed by atoms with Gasteiger partial charge in [0.25, 0.3) is 5.91 Å². The Morgan fingerprint density at radius 3 is 2.76 bits per heavy atom. The van der Waals surface area contributed by atoms with Crippen molar-refractivity contribution in [3.63, 3.8) is 0 Å². The number of amides is 1.